The molecule has 2 aromatic rings. The summed E-state index contributed by atoms with van der Waals surface area (Å²) in [5, 5.41) is 8.05. The third-order valence-corrected chi connectivity index (χ3v) is 3.73. The maximum absolute atomic E-state index is 4.47. The Balaban J connectivity index is 2.51. The molecule has 102 valence electrons. The normalized spacial score (nSPS) is 12.7. The van der Waals surface area contributed by atoms with Crippen LogP contribution >= 0.6 is 0 Å². The molecular formula is C16H23N3. The minimum Gasteiger partial charge on any atom is -0.306 e. The van der Waals surface area contributed by atoms with Crippen LogP contribution in [-0.2, 0) is 7.05 Å². The fourth-order valence-electron chi connectivity index (χ4n) is 2.58. The summed E-state index contributed by atoms with van der Waals surface area (Å²) in [6.45, 7) is 9.51. The summed E-state index contributed by atoms with van der Waals surface area (Å²) in [4.78, 5) is 0. The molecule has 0 saturated heterocycles. The summed E-state index contributed by atoms with van der Waals surface area (Å²) in [6.07, 6.45) is 2.12. The van der Waals surface area contributed by atoms with Gasteiger partial charge >= 0.3 is 0 Å². The van der Waals surface area contributed by atoms with E-state index in [4.69, 9.17) is 0 Å². The first-order chi connectivity index (χ1) is 9.04. The van der Waals surface area contributed by atoms with Crippen LogP contribution in [-0.4, -0.2) is 16.3 Å². The van der Waals surface area contributed by atoms with Crippen molar-refractivity contribution in [1.82, 2.24) is 15.1 Å². The number of benzene rings is 1. The van der Waals surface area contributed by atoms with E-state index < -0.39 is 0 Å². The summed E-state index contributed by atoms with van der Waals surface area (Å²) in [5.74, 6) is 0. The first-order valence-electron chi connectivity index (χ1n) is 6.84. The maximum atomic E-state index is 4.47. The average molecular weight is 257 g/mol. The Labute approximate surface area is 115 Å². The summed E-state index contributed by atoms with van der Waals surface area (Å²) in [5.41, 5.74) is 6.39. The van der Waals surface area contributed by atoms with Gasteiger partial charge in [-0.05, 0) is 44.0 Å². The van der Waals surface area contributed by atoms with Gasteiger partial charge in [-0.2, -0.15) is 5.10 Å². The van der Waals surface area contributed by atoms with Gasteiger partial charge in [0.1, 0.15) is 0 Å². The fraction of sp³-hybridized carbons (Fsp3) is 0.438. The largest absolute Gasteiger partial charge is 0.306 e. The smallest absolute Gasteiger partial charge is 0.0644 e. The lowest BCUT2D eigenvalue weighted by atomic mass is 9.93. The number of hydrogen-bond donors (Lipinski definition) is 1. The maximum Gasteiger partial charge on any atom is 0.0644 e. The monoisotopic (exact) mass is 257 g/mol. The lowest BCUT2D eigenvalue weighted by Crippen LogP contribution is -2.23. The molecule has 0 spiro atoms. The van der Waals surface area contributed by atoms with Gasteiger partial charge in [0.05, 0.1) is 11.7 Å². The van der Waals surface area contributed by atoms with E-state index >= 15 is 0 Å². The molecule has 0 amide bonds. The first kappa shape index (κ1) is 13.8. The fourth-order valence-corrected chi connectivity index (χ4v) is 2.58. The Kier molecular flexibility index (Phi) is 4.05. The summed E-state index contributed by atoms with van der Waals surface area (Å²) < 4.78 is 1.89. The van der Waals surface area contributed by atoms with Crippen LogP contribution in [0.3, 0.4) is 0 Å². The molecule has 0 aliphatic carbocycles. The SMILES string of the molecule is CCNC(c1cn(C)nc1C)c1cccc(C)c1C. The van der Waals surface area contributed by atoms with Crippen LogP contribution in [0.15, 0.2) is 24.4 Å². The molecule has 1 unspecified atom stereocenters. The van der Waals surface area contributed by atoms with Gasteiger partial charge in [-0.15, -0.1) is 0 Å². The predicted octanol–water partition coefficient (Wildman–Crippen LogP) is 3.04. The van der Waals surface area contributed by atoms with E-state index in [1.54, 1.807) is 0 Å². The van der Waals surface area contributed by atoms with Gasteiger partial charge in [0.15, 0.2) is 0 Å². The van der Waals surface area contributed by atoms with E-state index in [1.165, 1.54) is 22.3 Å². The number of rotatable bonds is 4. The van der Waals surface area contributed by atoms with Gasteiger partial charge in [0, 0.05) is 18.8 Å². The van der Waals surface area contributed by atoms with Crippen molar-refractivity contribution < 1.29 is 0 Å². The Hall–Kier alpha value is -1.61. The van der Waals surface area contributed by atoms with Gasteiger partial charge in [-0.25, -0.2) is 0 Å². The van der Waals surface area contributed by atoms with E-state index in [2.05, 4.69) is 62.5 Å². The Morgan fingerprint density at radius 2 is 1.95 bits per heavy atom. The van der Waals surface area contributed by atoms with E-state index in [-0.39, 0.29) is 6.04 Å². The zero-order valence-electron chi connectivity index (χ0n) is 12.5. The Morgan fingerprint density at radius 3 is 2.53 bits per heavy atom. The minimum absolute atomic E-state index is 0.221. The van der Waals surface area contributed by atoms with Gasteiger partial charge < -0.3 is 5.32 Å². The standard InChI is InChI=1S/C16H23N3/c1-6-17-16(15-10-19(5)18-13(15)4)14-9-7-8-11(2)12(14)3/h7-10,16-17H,6H2,1-5H3. The highest BCUT2D eigenvalue weighted by molar-refractivity contribution is 5.41. The van der Waals surface area contributed by atoms with Crippen molar-refractivity contribution in [3.05, 3.63) is 52.3 Å². The molecule has 1 aromatic heterocycles. The second-order valence-corrected chi connectivity index (χ2v) is 5.12. The quantitative estimate of drug-likeness (QED) is 0.912. The predicted molar refractivity (Wildman–Crippen MR) is 79.4 cm³/mol. The third-order valence-electron chi connectivity index (χ3n) is 3.73. The zero-order valence-corrected chi connectivity index (χ0v) is 12.5. The second-order valence-electron chi connectivity index (χ2n) is 5.12. The number of hydrogen-bond acceptors (Lipinski definition) is 2. The number of nitrogens with zero attached hydrogens (tertiary/aromatic N) is 2. The molecule has 19 heavy (non-hydrogen) atoms. The van der Waals surface area contributed by atoms with Crippen LogP contribution in [0.2, 0.25) is 0 Å². The molecule has 1 N–H and O–H groups in total. The van der Waals surface area contributed by atoms with Crippen LogP contribution in [0, 0.1) is 20.8 Å². The molecule has 0 aliphatic heterocycles. The van der Waals surface area contributed by atoms with Gasteiger partial charge in [0.25, 0.3) is 0 Å². The summed E-state index contributed by atoms with van der Waals surface area (Å²) >= 11 is 0. The number of aryl methyl sites for hydroxylation is 3. The lowest BCUT2D eigenvalue weighted by molar-refractivity contribution is 0.624. The lowest BCUT2D eigenvalue weighted by Gasteiger charge is -2.21. The molecule has 1 atom stereocenters. The van der Waals surface area contributed by atoms with Crippen LogP contribution < -0.4 is 5.32 Å². The van der Waals surface area contributed by atoms with Crippen molar-refractivity contribution in [2.24, 2.45) is 7.05 Å². The highest BCUT2D eigenvalue weighted by atomic mass is 15.3. The summed E-state index contributed by atoms with van der Waals surface area (Å²) in [6, 6.07) is 6.73. The van der Waals surface area contributed by atoms with Gasteiger partial charge in [0.2, 0.25) is 0 Å². The molecule has 1 aromatic carbocycles. The zero-order chi connectivity index (χ0) is 14.0. The van der Waals surface area contributed by atoms with Gasteiger partial charge in [-0.1, -0.05) is 25.1 Å². The van der Waals surface area contributed by atoms with Crippen LogP contribution in [0.25, 0.3) is 0 Å². The van der Waals surface area contributed by atoms with Crippen LogP contribution in [0.1, 0.15) is 40.9 Å². The molecule has 0 bridgehead atoms. The molecule has 0 radical (unpaired) electrons. The average Bonchev–Trinajstić information content (AvgIpc) is 2.69. The number of nitrogens with one attached hydrogen (secondary N) is 1. The van der Waals surface area contributed by atoms with Crippen molar-refractivity contribution in [2.75, 3.05) is 6.54 Å². The van der Waals surface area contributed by atoms with E-state index in [0.29, 0.717) is 0 Å². The van der Waals surface area contributed by atoms with E-state index in [0.717, 1.165) is 12.2 Å². The highest BCUT2D eigenvalue weighted by Gasteiger charge is 2.19. The molecular weight excluding hydrogens is 234 g/mol. The van der Waals surface area contributed by atoms with Crippen molar-refractivity contribution in [1.29, 1.82) is 0 Å². The molecule has 2 rings (SSSR count). The number of aromatic nitrogens is 2. The minimum atomic E-state index is 0.221. The van der Waals surface area contributed by atoms with Crippen LogP contribution in [0.5, 0.6) is 0 Å². The summed E-state index contributed by atoms with van der Waals surface area (Å²) in [7, 11) is 1.97. The third kappa shape index (κ3) is 2.71. The molecule has 3 heteroatoms. The molecule has 0 saturated carbocycles. The molecule has 3 nitrogen and oxygen atoms in total. The van der Waals surface area contributed by atoms with Crippen molar-refractivity contribution in [3.63, 3.8) is 0 Å². The van der Waals surface area contributed by atoms with Crippen molar-refractivity contribution in [2.45, 2.75) is 33.7 Å². The topological polar surface area (TPSA) is 29.9 Å². The highest BCUT2D eigenvalue weighted by Crippen LogP contribution is 2.28. The van der Waals surface area contributed by atoms with E-state index in [9.17, 15) is 0 Å². The van der Waals surface area contributed by atoms with Crippen molar-refractivity contribution in [3.8, 4) is 0 Å². The molecule has 1 heterocycles. The first-order valence-corrected chi connectivity index (χ1v) is 6.84. The van der Waals surface area contributed by atoms with Gasteiger partial charge in [-0.3, -0.25) is 4.68 Å². The van der Waals surface area contributed by atoms with Crippen molar-refractivity contribution >= 4 is 0 Å². The molecule has 0 fully saturated rings. The second kappa shape index (κ2) is 5.57. The Bertz CT molecular complexity index is 569. The molecule has 0 aliphatic rings. The Morgan fingerprint density at radius 1 is 1.21 bits per heavy atom. The van der Waals surface area contributed by atoms with E-state index in [1.807, 2.05) is 11.7 Å². The van der Waals surface area contributed by atoms with Crippen LogP contribution in [0.4, 0.5) is 0 Å².